The number of nitrogens with one attached hydrogen (secondary N) is 1. The predicted molar refractivity (Wildman–Crippen MR) is 89.1 cm³/mol. The van der Waals surface area contributed by atoms with Crippen LogP contribution in [0.1, 0.15) is 36.5 Å². The largest absolute Gasteiger partial charge is 0.496 e. The van der Waals surface area contributed by atoms with Gasteiger partial charge in [-0.05, 0) is 41.1 Å². The van der Waals surface area contributed by atoms with Gasteiger partial charge < -0.3 is 15.2 Å². The Morgan fingerprint density at radius 1 is 1.48 bits per heavy atom. The van der Waals surface area contributed by atoms with Crippen molar-refractivity contribution in [2.45, 2.75) is 32.2 Å². The lowest BCUT2D eigenvalue weighted by atomic mass is 10.1. The Morgan fingerprint density at radius 3 is 2.67 bits per heavy atom. The first-order chi connectivity index (χ1) is 9.90. The topological polar surface area (TPSA) is 75.6 Å². The summed E-state index contributed by atoms with van der Waals surface area (Å²) in [6.45, 7) is 1.96. The molecule has 0 aliphatic carbocycles. The van der Waals surface area contributed by atoms with Gasteiger partial charge in [0.2, 0.25) is 0 Å². The lowest BCUT2D eigenvalue weighted by Crippen LogP contribution is -2.40. The first kappa shape index (κ1) is 18.0. The number of unbranched alkanes of at least 4 members (excludes halogenated alkanes) is 1. The number of ether oxygens (including phenoxy) is 1. The molecule has 1 atom stereocenters. The molecule has 1 aromatic carbocycles. The second-order valence-electron chi connectivity index (χ2n) is 4.47. The highest BCUT2D eigenvalue weighted by atomic mass is 127. The first-order valence-corrected chi connectivity index (χ1v) is 7.93. The second kappa shape index (κ2) is 8.43. The lowest BCUT2D eigenvalue weighted by Gasteiger charge is -2.16. The molecule has 1 rings (SSSR count). The third-order valence-electron chi connectivity index (χ3n) is 2.94. The molecule has 1 unspecified atom stereocenters. The van der Waals surface area contributed by atoms with Gasteiger partial charge in [-0.15, -0.1) is 0 Å². The fourth-order valence-electron chi connectivity index (χ4n) is 1.78. The molecule has 0 aromatic heterocycles. The average molecular weight is 426 g/mol. The van der Waals surface area contributed by atoms with Crippen molar-refractivity contribution in [3.05, 3.63) is 26.3 Å². The third-order valence-corrected chi connectivity index (χ3v) is 4.46. The molecule has 0 fully saturated rings. The highest BCUT2D eigenvalue weighted by Gasteiger charge is 2.22. The molecule has 1 amide bonds. The number of methoxy groups -OCH3 is 1. The van der Waals surface area contributed by atoms with E-state index in [1.807, 2.05) is 29.5 Å². The van der Waals surface area contributed by atoms with Crippen molar-refractivity contribution < 1.29 is 19.4 Å². The van der Waals surface area contributed by atoms with Crippen LogP contribution < -0.4 is 10.1 Å². The van der Waals surface area contributed by atoms with E-state index in [0.29, 0.717) is 17.2 Å². The minimum absolute atomic E-state index is 0.227. The normalized spacial score (nSPS) is 11.8. The molecule has 1 aromatic rings. The molecule has 5 nitrogen and oxygen atoms in total. The summed E-state index contributed by atoms with van der Waals surface area (Å²) in [5.74, 6) is -1.19. The van der Waals surface area contributed by atoms with Crippen LogP contribution in [0.4, 0.5) is 0 Å². The zero-order chi connectivity index (χ0) is 16.0. The molecule has 0 aliphatic heterocycles. The van der Waals surface area contributed by atoms with Crippen molar-refractivity contribution in [3.63, 3.8) is 0 Å². The van der Waals surface area contributed by atoms with Crippen molar-refractivity contribution in [1.29, 1.82) is 0 Å². The molecule has 0 spiro atoms. The van der Waals surface area contributed by atoms with Gasteiger partial charge in [-0.25, -0.2) is 4.79 Å². The van der Waals surface area contributed by atoms with Crippen LogP contribution in [0.5, 0.6) is 5.75 Å². The minimum Gasteiger partial charge on any atom is -0.496 e. The van der Waals surface area contributed by atoms with E-state index >= 15 is 0 Å². The van der Waals surface area contributed by atoms with Crippen LogP contribution in [0.15, 0.2) is 12.1 Å². The van der Waals surface area contributed by atoms with Crippen molar-refractivity contribution >= 4 is 46.1 Å². The molecular weight excluding hydrogens is 409 g/mol. The molecule has 0 radical (unpaired) electrons. The number of hydrogen-bond acceptors (Lipinski definition) is 3. The predicted octanol–water partition coefficient (Wildman–Crippen LogP) is 3.33. The van der Waals surface area contributed by atoms with Gasteiger partial charge in [-0.2, -0.15) is 0 Å². The lowest BCUT2D eigenvalue weighted by molar-refractivity contribution is -0.139. The van der Waals surface area contributed by atoms with Crippen LogP contribution in [-0.2, 0) is 4.79 Å². The molecular formula is C14H17ClINO4. The van der Waals surface area contributed by atoms with Crippen LogP contribution >= 0.6 is 34.2 Å². The number of carbonyl (C=O) groups is 2. The Kier molecular flexibility index (Phi) is 7.24. The van der Waals surface area contributed by atoms with Gasteiger partial charge in [0.15, 0.2) is 0 Å². The number of amides is 1. The smallest absolute Gasteiger partial charge is 0.326 e. The maximum atomic E-state index is 12.3. The Labute approximate surface area is 142 Å². The Balaban J connectivity index is 2.96. The van der Waals surface area contributed by atoms with Crippen LogP contribution in [0.2, 0.25) is 5.02 Å². The molecule has 116 valence electrons. The Morgan fingerprint density at radius 2 is 2.14 bits per heavy atom. The number of aliphatic carboxylic acids is 1. The molecule has 0 saturated heterocycles. The standard InChI is InChI=1S/C14H17ClINO4/c1-3-4-5-11(14(19)20)17-13(18)8-6-9(15)10(16)7-12(8)21-2/h6-7,11H,3-5H2,1-2H3,(H,17,18)(H,19,20). The van der Waals surface area contributed by atoms with Crippen LogP contribution in [-0.4, -0.2) is 30.1 Å². The SMILES string of the molecule is CCCCC(NC(=O)c1cc(Cl)c(I)cc1OC)C(=O)O. The minimum atomic E-state index is -1.05. The first-order valence-electron chi connectivity index (χ1n) is 6.47. The van der Waals surface area contributed by atoms with E-state index in [1.165, 1.54) is 13.2 Å². The molecule has 0 bridgehead atoms. The summed E-state index contributed by atoms with van der Waals surface area (Å²) in [4.78, 5) is 23.4. The van der Waals surface area contributed by atoms with Crippen LogP contribution in [0.25, 0.3) is 0 Å². The fraction of sp³-hybridized carbons (Fsp3) is 0.429. The quantitative estimate of drug-likeness (QED) is 0.657. The van der Waals surface area contributed by atoms with E-state index < -0.39 is 17.9 Å². The van der Waals surface area contributed by atoms with Crippen molar-refractivity contribution in [1.82, 2.24) is 5.32 Å². The molecule has 0 saturated carbocycles. The van der Waals surface area contributed by atoms with Crippen molar-refractivity contribution in [2.24, 2.45) is 0 Å². The molecule has 0 heterocycles. The summed E-state index contributed by atoms with van der Waals surface area (Å²) in [6.07, 6.45) is 1.97. The number of carbonyl (C=O) groups excluding carboxylic acids is 1. The number of benzene rings is 1. The summed E-state index contributed by atoms with van der Waals surface area (Å²) in [7, 11) is 1.45. The molecule has 2 N–H and O–H groups in total. The highest BCUT2D eigenvalue weighted by Crippen LogP contribution is 2.28. The van der Waals surface area contributed by atoms with E-state index in [2.05, 4.69) is 5.32 Å². The van der Waals surface area contributed by atoms with E-state index in [9.17, 15) is 9.59 Å². The van der Waals surface area contributed by atoms with E-state index in [1.54, 1.807) is 6.07 Å². The van der Waals surface area contributed by atoms with Crippen LogP contribution in [0, 0.1) is 3.57 Å². The summed E-state index contributed by atoms with van der Waals surface area (Å²) in [5.41, 5.74) is 0.227. The molecule has 0 aliphatic rings. The van der Waals surface area contributed by atoms with Crippen molar-refractivity contribution in [2.75, 3.05) is 7.11 Å². The zero-order valence-corrected chi connectivity index (χ0v) is 14.7. The zero-order valence-electron chi connectivity index (χ0n) is 11.8. The maximum Gasteiger partial charge on any atom is 0.326 e. The second-order valence-corrected chi connectivity index (χ2v) is 6.04. The third kappa shape index (κ3) is 5.03. The summed E-state index contributed by atoms with van der Waals surface area (Å²) in [5, 5.41) is 12.1. The van der Waals surface area contributed by atoms with Gasteiger partial charge >= 0.3 is 5.97 Å². The monoisotopic (exact) mass is 425 g/mol. The van der Waals surface area contributed by atoms with Gasteiger partial charge in [-0.1, -0.05) is 31.4 Å². The maximum absolute atomic E-state index is 12.3. The Hall–Kier alpha value is -1.02. The highest BCUT2D eigenvalue weighted by molar-refractivity contribution is 14.1. The Bertz CT molecular complexity index is 536. The number of carboxylic acids is 1. The molecule has 7 heteroatoms. The fourth-order valence-corrected chi connectivity index (χ4v) is 2.38. The number of carboxylic acid groups (broad SMARTS) is 1. The van der Waals surface area contributed by atoms with E-state index in [4.69, 9.17) is 21.4 Å². The van der Waals surface area contributed by atoms with Gasteiger partial charge in [0, 0.05) is 3.57 Å². The summed E-state index contributed by atoms with van der Waals surface area (Å²) < 4.78 is 5.91. The van der Waals surface area contributed by atoms with Crippen LogP contribution in [0.3, 0.4) is 0 Å². The number of halogens is 2. The van der Waals surface area contributed by atoms with Gasteiger partial charge in [0.05, 0.1) is 17.7 Å². The number of rotatable bonds is 7. The van der Waals surface area contributed by atoms with Gasteiger partial charge in [0.1, 0.15) is 11.8 Å². The van der Waals surface area contributed by atoms with Gasteiger partial charge in [-0.3, -0.25) is 4.79 Å². The van der Waals surface area contributed by atoms with E-state index in [0.717, 1.165) is 16.4 Å². The summed E-state index contributed by atoms with van der Waals surface area (Å²) in [6, 6.07) is 2.20. The number of hydrogen-bond donors (Lipinski definition) is 2. The average Bonchev–Trinajstić information content (AvgIpc) is 2.45. The summed E-state index contributed by atoms with van der Waals surface area (Å²) >= 11 is 8.04. The van der Waals surface area contributed by atoms with E-state index in [-0.39, 0.29) is 5.56 Å². The van der Waals surface area contributed by atoms with Crippen molar-refractivity contribution in [3.8, 4) is 5.75 Å². The molecule has 21 heavy (non-hydrogen) atoms. The van der Waals surface area contributed by atoms with Gasteiger partial charge in [0.25, 0.3) is 5.91 Å².